The highest BCUT2D eigenvalue weighted by atomic mass is 35.5. The minimum atomic E-state index is -0.800. The maximum Gasteiger partial charge on any atom is 0.251 e. The molecule has 0 aliphatic heterocycles. The number of amides is 1. The van der Waals surface area contributed by atoms with Crippen molar-refractivity contribution in [3.63, 3.8) is 0 Å². The van der Waals surface area contributed by atoms with Crippen molar-refractivity contribution in [2.45, 2.75) is 6.54 Å². The van der Waals surface area contributed by atoms with Crippen LogP contribution in [0, 0.1) is 5.82 Å². The van der Waals surface area contributed by atoms with Gasteiger partial charge in [0, 0.05) is 17.2 Å². The summed E-state index contributed by atoms with van der Waals surface area (Å²) in [6.07, 6.45) is 0. The summed E-state index contributed by atoms with van der Waals surface area (Å²) in [4.78, 5) is 10.8. The van der Waals surface area contributed by atoms with Gasteiger partial charge in [-0.1, -0.05) is 16.1 Å². The van der Waals surface area contributed by atoms with Gasteiger partial charge in [0.25, 0.3) is 5.91 Å². The largest absolute Gasteiger partial charge is 0.379 e. The summed E-state index contributed by atoms with van der Waals surface area (Å²) in [5.41, 5.74) is 5.94. The summed E-state index contributed by atoms with van der Waals surface area (Å²) in [7, 11) is 0. The molecule has 0 atom stereocenters. The molecule has 5 nitrogen and oxygen atoms in total. The van der Waals surface area contributed by atoms with Gasteiger partial charge >= 0.3 is 0 Å². The van der Waals surface area contributed by atoms with Crippen LogP contribution >= 0.6 is 23.1 Å². The smallest absolute Gasteiger partial charge is 0.251 e. The fourth-order valence-electron chi connectivity index (χ4n) is 1.31. The Morgan fingerprint density at radius 3 is 2.89 bits per heavy atom. The predicted molar refractivity (Wildman–Crippen MR) is 67.2 cm³/mol. The number of rotatable bonds is 4. The molecule has 2 rings (SSSR count). The van der Waals surface area contributed by atoms with Crippen molar-refractivity contribution in [1.29, 1.82) is 0 Å². The van der Waals surface area contributed by atoms with Crippen LogP contribution in [-0.2, 0) is 6.54 Å². The average molecular weight is 287 g/mol. The highest BCUT2D eigenvalue weighted by Gasteiger charge is 2.09. The molecule has 3 N–H and O–H groups in total. The molecule has 94 valence electrons. The molecule has 1 aromatic carbocycles. The number of nitrogens with one attached hydrogen (secondary N) is 1. The number of hydrogen-bond acceptors (Lipinski definition) is 5. The highest BCUT2D eigenvalue weighted by molar-refractivity contribution is 7.10. The van der Waals surface area contributed by atoms with Crippen LogP contribution in [0.4, 0.5) is 10.1 Å². The molecule has 1 aromatic heterocycles. The molecule has 8 heteroatoms. The number of primary amides is 1. The van der Waals surface area contributed by atoms with E-state index in [1.807, 2.05) is 0 Å². The van der Waals surface area contributed by atoms with Gasteiger partial charge in [-0.2, -0.15) is 0 Å². The van der Waals surface area contributed by atoms with Crippen LogP contribution in [0.25, 0.3) is 0 Å². The summed E-state index contributed by atoms with van der Waals surface area (Å²) >= 11 is 6.90. The first-order valence-corrected chi connectivity index (χ1v) is 6.03. The Kier molecular flexibility index (Phi) is 3.73. The molecule has 0 unspecified atom stereocenters. The highest BCUT2D eigenvalue weighted by Crippen LogP contribution is 2.19. The summed E-state index contributed by atoms with van der Waals surface area (Å²) in [6.45, 7) is 0.324. The second-order valence-electron chi connectivity index (χ2n) is 3.41. The molecule has 0 bridgehead atoms. The van der Waals surface area contributed by atoms with Gasteiger partial charge < -0.3 is 11.1 Å². The third-order valence-electron chi connectivity index (χ3n) is 2.20. The van der Waals surface area contributed by atoms with Crippen LogP contribution in [-0.4, -0.2) is 15.5 Å². The van der Waals surface area contributed by atoms with E-state index in [0.29, 0.717) is 22.3 Å². The normalized spacial score (nSPS) is 10.3. The number of carbonyl (C=O) groups excluding carboxylic acids is 1. The molecule has 0 saturated carbocycles. The van der Waals surface area contributed by atoms with Gasteiger partial charge in [-0.15, -0.1) is 5.10 Å². The van der Waals surface area contributed by atoms with Crippen LogP contribution < -0.4 is 11.1 Å². The Balaban J connectivity index is 2.09. The molecule has 2 aromatic rings. The van der Waals surface area contributed by atoms with E-state index in [1.54, 1.807) is 6.07 Å². The number of benzene rings is 1. The van der Waals surface area contributed by atoms with Crippen LogP contribution in [0.5, 0.6) is 0 Å². The Labute approximate surface area is 111 Å². The number of halogens is 2. The first-order chi connectivity index (χ1) is 8.58. The Morgan fingerprint density at radius 2 is 2.33 bits per heavy atom. The van der Waals surface area contributed by atoms with Crippen molar-refractivity contribution < 1.29 is 9.18 Å². The van der Waals surface area contributed by atoms with Crippen molar-refractivity contribution >= 4 is 34.7 Å². The quantitative estimate of drug-likeness (QED) is 0.901. The molecule has 0 saturated heterocycles. The molecule has 0 aliphatic carbocycles. The third-order valence-corrected chi connectivity index (χ3v) is 3.19. The number of aromatic nitrogens is 2. The van der Waals surface area contributed by atoms with Gasteiger partial charge in [0.05, 0.1) is 12.1 Å². The molecular weight excluding hydrogens is 279 g/mol. The zero-order valence-electron chi connectivity index (χ0n) is 8.98. The van der Waals surface area contributed by atoms with Crippen molar-refractivity contribution in [2.24, 2.45) is 5.73 Å². The average Bonchev–Trinajstić information content (AvgIpc) is 2.72. The standard InChI is InChI=1S/C10H8ClFN4OS/c11-9-8(15-16-18-9)4-14-5-1-2-6(10(13)17)7(12)3-5/h1-3,14H,4H2,(H2,13,17). The molecule has 0 fully saturated rings. The van der Waals surface area contributed by atoms with Gasteiger partial charge in [0.1, 0.15) is 15.8 Å². The van der Waals surface area contributed by atoms with Gasteiger partial charge in [0.2, 0.25) is 0 Å². The van der Waals surface area contributed by atoms with E-state index in [2.05, 4.69) is 14.9 Å². The van der Waals surface area contributed by atoms with E-state index in [4.69, 9.17) is 17.3 Å². The predicted octanol–water partition coefficient (Wildman–Crippen LogP) is 2.04. The van der Waals surface area contributed by atoms with Crippen LogP contribution in [0.1, 0.15) is 16.1 Å². The Hall–Kier alpha value is -1.73. The SMILES string of the molecule is NC(=O)c1ccc(NCc2nnsc2Cl)cc1F. The van der Waals surface area contributed by atoms with Gasteiger partial charge in [-0.3, -0.25) is 4.79 Å². The maximum absolute atomic E-state index is 13.5. The summed E-state index contributed by atoms with van der Waals surface area (Å²) in [5.74, 6) is -1.47. The topological polar surface area (TPSA) is 80.9 Å². The summed E-state index contributed by atoms with van der Waals surface area (Å²) in [5, 5.41) is 6.73. The first kappa shape index (κ1) is 12.7. The number of carbonyl (C=O) groups is 1. The van der Waals surface area contributed by atoms with Crippen LogP contribution in [0.2, 0.25) is 4.34 Å². The fraction of sp³-hybridized carbons (Fsp3) is 0.100. The van der Waals surface area contributed by atoms with E-state index in [9.17, 15) is 9.18 Å². The van der Waals surface area contributed by atoms with Crippen molar-refractivity contribution in [2.75, 3.05) is 5.32 Å². The number of nitrogens with zero attached hydrogens (tertiary/aromatic N) is 2. The molecular formula is C10H8ClFN4OS. The monoisotopic (exact) mass is 286 g/mol. The van der Waals surface area contributed by atoms with E-state index in [1.165, 1.54) is 12.1 Å². The Bertz CT molecular complexity index is 589. The lowest BCUT2D eigenvalue weighted by Crippen LogP contribution is -2.13. The number of anilines is 1. The van der Waals surface area contributed by atoms with E-state index < -0.39 is 11.7 Å². The summed E-state index contributed by atoms with van der Waals surface area (Å²) < 4.78 is 17.6. The summed E-state index contributed by atoms with van der Waals surface area (Å²) in [6, 6.07) is 4.06. The second kappa shape index (κ2) is 5.28. The second-order valence-corrected chi connectivity index (χ2v) is 4.76. The van der Waals surface area contributed by atoms with Crippen LogP contribution in [0.3, 0.4) is 0 Å². The lowest BCUT2D eigenvalue weighted by Gasteiger charge is -2.06. The Morgan fingerprint density at radius 1 is 1.56 bits per heavy atom. The maximum atomic E-state index is 13.5. The zero-order valence-corrected chi connectivity index (χ0v) is 10.6. The minimum Gasteiger partial charge on any atom is -0.379 e. The van der Waals surface area contributed by atoms with E-state index >= 15 is 0 Å². The van der Waals surface area contributed by atoms with Crippen LogP contribution in [0.15, 0.2) is 18.2 Å². The molecule has 0 aliphatic rings. The van der Waals surface area contributed by atoms with Crippen molar-refractivity contribution in [3.8, 4) is 0 Å². The van der Waals surface area contributed by atoms with Gasteiger partial charge in [-0.05, 0) is 18.2 Å². The fourth-order valence-corrected chi connectivity index (χ4v) is 1.94. The molecule has 1 amide bonds. The van der Waals surface area contributed by atoms with Gasteiger partial charge in [0.15, 0.2) is 0 Å². The van der Waals surface area contributed by atoms with Gasteiger partial charge in [-0.25, -0.2) is 4.39 Å². The first-order valence-electron chi connectivity index (χ1n) is 4.88. The zero-order chi connectivity index (χ0) is 13.1. The molecule has 0 radical (unpaired) electrons. The lowest BCUT2D eigenvalue weighted by atomic mass is 10.2. The number of hydrogen-bond donors (Lipinski definition) is 2. The molecule has 1 heterocycles. The molecule has 0 spiro atoms. The molecule has 18 heavy (non-hydrogen) atoms. The van der Waals surface area contributed by atoms with E-state index in [0.717, 1.165) is 11.5 Å². The van der Waals surface area contributed by atoms with E-state index in [-0.39, 0.29) is 5.56 Å². The lowest BCUT2D eigenvalue weighted by molar-refractivity contribution is 0.0996. The van der Waals surface area contributed by atoms with Crippen molar-refractivity contribution in [3.05, 3.63) is 39.6 Å². The minimum absolute atomic E-state index is 0.145. The number of nitrogens with two attached hydrogens (primary N) is 1. The van der Waals surface area contributed by atoms with Crippen molar-refractivity contribution in [1.82, 2.24) is 9.59 Å². The third kappa shape index (κ3) is 2.74.